The number of H-pyrrole nitrogens is 1. The van der Waals surface area contributed by atoms with E-state index in [0.717, 1.165) is 26.2 Å². The molecule has 3 aromatic rings. The van der Waals surface area contributed by atoms with Crippen LogP contribution in [0.5, 0.6) is 0 Å². The molecule has 124 valence electrons. The van der Waals surface area contributed by atoms with Crippen LogP contribution in [-0.4, -0.2) is 16.4 Å². The number of para-hydroxylation sites is 1. The van der Waals surface area contributed by atoms with Crippen LogP contribution < -0.4 is 5.32 Å². The lowest BCUT2D eigenvalue weighted by Crippen LogP contribution is -2.23. The molecule has 24 heavy (non-hydrogen) atoms. The van der Waals surface area contributed by atoms with E-state index in [2.05, 4.69) is 88.9 Å². The number of hydrogen-bond acceptors (Lipinski definition) is 2. The van der Waals surface area contributed by atoms with E-state index >= 15 is 0 Å². The summed E-state index contributed by atoms with van der Waals surface area (Å²) in [5, 5.41) is 3.47. The Morgan fingerprint density at radius 1 is 0.833 bits per heavy atom. The molecule has 0 unspecified atom stereocenters. The molecule has 0 amide bonds. The van der Waals surface area contributed by atoms with E-state index in [0.29, 0.717) is 0 Å². The fourth-order valence-corrected chi connectivity index (χ4v) is 2.98. The smallest absolute Gasteiger partial charge is 0.0392 e. The van der Waals surface area contributed by atoms with E-state index < -0.39 is 0 Å². The molecule has 1 aromatic heterocycles. The van der Waals surface area contributed by atoms with Crippen molar-refractivity contribution in [3.8, 4) is 0 Å². The van der Waals surface area contributed by atoms with Crippen molar-refractivity contribution < 1.29 is 0 Å². The predicted octanol–water partition coefficient (Wildman–Crippen LogP) is 4.65. The van der Waals surface area contributed by atoms with E-state index in [-0.39, 0.29) is 0 Å². The van der Waals surface area contributed by atoms with Crippen LogP contribution in [0.3, 0.4) is 0 Å². The first kappa shape index (κ1) is 16.3. The molecular weight excluding hydrogens is 294 g/mol. The summed E-state index contributed by atoms with van der Waals surface area (Å²) in [7, 11) is 0. The fourth-order valence-electron chi connectivity index (χ4n) is 2.98. The lowest BCUT2D eigenvalue weighted by molar-refractivity contribution is 0.245. The van der Waals surface area contributed by atoms with Gasteiger partial charge >= 0.3 is 0 Å². The quantitative estimate of drug-likeness (QED) is 0.633. The van der Waals surface area contributed by atoms with Crippen LogP contribution in [0, 0.1) is 0 Å². The highest BCUT2D eigenvalue weighted by atomic mass is 15.1. The molecule has 3 nitrogen and oxygen atoms in total. The summed E-state index contributed by atoms with van der Waals surface area (Å²) in [4.78, 5) is 5.79. The Bertz CT molecular complexity index is 720. The zero-order chi connectivity index (χ0) is 16.6. The first-order chi connectivity index (χ1) is 11.8. The summed E-state index contributed by atoms with van der Waals surface area (Å²) in [5.41, 5.74) is 5.14. The van der Waals surface area contributed by atoms with Gasteiger partial charge in [-0.2, -0.15) is 0 Å². The van der Waals surface area contributed by atoms with Crippen LogP contribution in [-0.2, 0) is 19.6 Å². The van der Waals surface area contributed by atoms with Crippen molar-refractivity contribution in [1.82, 2.24) is 9.88 Å². The van der Waals surface area contributed by atoms with E-state index in [9.17, 15) is 0 Å². The van der Waals surface area contributed by atoms with Crippen molar-refractivity contribution in [3.05, 3.63) is 89.7 Å². The maximum atomic E-state index is 3.47. The highest BCUT2D eigenvalue weighted by Crippen LogP contribution is 2.20. The molecule has 2 aromatic carbocycles. The zero-order valence-electron chi connectivity index (χ0n) is 14.2. The van der Waals surface area contributed by atoms with E-state index in [1.807, 2.05) is 6.20 Å². The second-order valence-electron chi connectivity index (χ2n) is 6.01. The Balaban J connectivity index is 1.79. The lowest BCUT2D eigenvalue weighted by atomic mass is 10.1. The molecule has 0 saturated heterocycles. The van der Waals surface area contributed by atoms with Crippen molar-refractivity contribution in [2.75, 3.05) is 11.9 Å². The van der Waals surface area contributed by atoms with Crippen molar-refractivity contribution in [2.45, 2.75) is 26.6 Å². The van der Waals surface area contributed by atoms with Crippen LogP contribution in [0.25, 0.3) is 0 Å². The minimum absolute atomic E-state index is 0.905. The maximum absolute atomic E-state index is 3.47. The minimum Gasteiger partial charge on any atom is -0.385 e. The molecular formula is C21H25N3. The van der Waals surface area contributed by atoms with E-state index in [1.54, 1.807) is 0 Å². The molecule has 1 heterocycles. The summed E-state index contributed by atoms with van der Waals surface area (Å²) < 4.78 is 0. The van der Waals surface area contributed by atoms with Crippen molar-refractivity contribution in [3.63, 3.8) is 0 Å². The number of nitrogens with one attached hydrogen (secondary N) is 2. The predicted molar refractivity (Wildman–Crippen MR) is 101 cm³/mol. The van der Waals surface area contributed by atoms with Gasteiger partial charge in [0.25, 0.3) is 0 Å². The third kappa shape index (κ3) is 4.49. The number of hydrogen-bond donors (Lipinski definition) is 2. The summed E-state index contributed by atoms with van der Waals surface area (Å²) in [5.74, 6) is 0. The summed E-state index contributed by atoms with van der Waals surface area (Å²) in [6.45, 7) is 5.82. The van der Waals surface area contributed by atoms with E-state index in [4.69, 9.17) is 0 Å². The van der Waals surface area contributed by atoms with Gasteiger partial charge in [0.1, 0.15) is 0 Å². The number of nitrogens with zero attached hydrogens (tertiary/aromatic N) is 1. The number of aromatic nitrogens is 1. The Labute approximate surface area is 144 Å². The van der Waals surface area contributed by atoms with Gasteiger partial charge in [-0.25, -0.2) is 0 Å². The minimum atomic E-state index is 0.905. The molecule has 0 atom stereocenters. The van der Waals surface area contributed by atoms with Gasteiger partial charge in [-0.15, -0.1) is 0 Å². The molecule has 0 bridgehead atoms. The van der Waals surface area contributed by atoms with Crippen molar-refractivity contribution in [2.24, 2.45) is 0 Å². The normalized spacial score (nSPS) is 10.9. The summed E-state index contributed by atoms with van der Waals surface area (Å²) >= 11 is 0. The molecule has 3 rings (SSSR count). The lowest BCUT2D eigenvalue weighted by Gasteiger charge is -2.23. The highest BCUT2D eigenvalue weighted by molar-refractivity contribution is 5.50. The van der Waals surface area contributed by atoms with Crippen LogP contribution in [0.15, 0.2) is 72.9 Å². The Hall–Kier alpha value is -2.52. The van der Waals surface area contributed by atoms with Crippen LogP contribution >= 0.6 is 0 Å². The average Bonchev–Trinajstić information content (AvgIpc) is 3.11. The monoisotopic (exact) mass is 319 g/mol. The third-order valence-electron chi connectivity index (χ3n) is 4.08. The SMILES string of the molecule is CCNc1ccccc1CN(Cc1ccccc1)Cc1ccc[nH]1. The van der Waals surface area contributed by atoms with E-state index in [1.165, 1.54) is 22.5 Å². The van der Waals surface area contributed by atoms with Gasteiger partial charge in [-0.1, -0.05) is 48.5 Å². The van der Waals surface area contributed by atoms with Gasteiger partial charge in [-0.05, 0) is 36.2 Å². The highest BCUT2D eigenvalue weighted by Gasteiger charge is 2.11. The molecule has 2 N–H and O–H groups in total. The zero-order valence-corrected chi connectivity index (χ0v) is 14.2. The second kappa shape index (κ2) is 8.37. The van der Waals surface area contributed by atoms with Gasteiger partial charge in [0.15, 0.2) is 0 Å². The standard InChI is InChI=1S/C21H25N3/c1-2-22-21-13-7-6-11-19(21)16-24(17-20-12-8-14-23-20)15-18-9-4-3-5-10-18/h3-14,22-23H,2,15-17H2,1H3. The van der Waals surface area contributed by atoms with Crippen molar-refractivity contribution >= 4 is 5.69 Å². The second-order valence-corrected chi connectivity index (χ2v) is 6.01. The van der Waals surface area contributed by atoms with Gasteiger partial charge in [0.05, 0.1) is 0 Å². The molecule has 0 fully saturated rings. The van der Waals surface area contributed by atoms with Gasteiger partial charge in [0.2, 0.25) is 0 Å². The van der Waals surface area contributed by atoms with Crippen LogP contribution in [0.2, 0.25) is 0 Å². The first-order valence-electron chi connectivity index (χ1n) is 8.55. The Kier molecular flexibility index (Phi) is 5.70. The van der Waals surface area contributed by atoms with Crippen LogP contribution in [0.4, 0.5) is 5.69 Å². The third-order valence-corrected chi connectivity index (χ3v) is 4.08. The number of benzene rings is 2. The largest absolute Gasteiger partial charge is 0.385 e. The van der Waals surface area contributed by atoms with Gasteiger partial charge in [-0.3, -0.25) is 4.90 Å². The Morgan fingerprint density at radius 3 is 2.38 bits per heavy atom. The maximum Gasteiger partial charge on any atom is 0.0392 e. The number of rotatable bonds is 8. The van der Waals surface area contributed by atoms with Crippen molar-refractivity contribution in [1.29, 1.82) is 0 Å². The van der Waals surface area contributed by atoms with Crippen LogP contribution in [0.1, 0.15) is 23.7 Å². The number of anilines is 1. The molecule has 0 saturated carbocycles. The van der Waals surface area contributed by atoms with Gasteiger partial charge in [0, 0.05) is 43.8 Å². The molecule has 0 aliphatic carbocycles. The molecule has 3 heteroatoms. The summed E-state index contributed by atoms with van der Waals surface area (Å²) in [6, 6.07) is 23.5. The summed E-state index contributed by atoms with van der Waals surface area (Å²) in [6.07, 6.45) is 1.99. The molecule has 0 aliphatic heterocycles. The van der Waals surface area contributed by atoms with Gasteiger partial charge < -0.3 is 10.3 Å². The molecule has 0 spiro atoms. The average molecular weight is 319 g/mol. The first-order valence-corrected chi connectivity index (χ1v) is 8.55. The Morgan fingerprint density at radius 2 is 1.62 bits per heavy atom. The molecule has 0 aliphatic rings. The fraction of sp³-hybridized carbons (Fsp3) is 0.238. The topological polar surface area (TPSA) is 31.1 Å². The number of aromatic amines is 1. The molecule has 0 radical (unpaired) electrons.